The average Bonchev–Trinajstić information content (AvgIpc) is 3.28. The Morgan fingerprint density at radius 2 is 1.90 bits per heavy atom. The third-order valence-electron chi connectivity index (χ3n) is 3.89. The van der Waals surface area contributed by atoms with Crippen molar-refractivity contribution >= 4 is 27.6 Å². The number of nitrogens with one attached hydrogen (secondary N) is 1. The van der Waals surface area contributed by atoms with E-state index in [9.17, 15) is 0 Å². The maximum atomic E-state index is 5.98. The van der Waals surface area contributed by atoms with Crippen molar-refractivity contribution in [2.75, 3.05) is 11.9 Å². The third kappa shape index (κ3) is 3.45. The van der Waals surface area contributed by atoms with Crippen molar-refractivity contribution in [2.45, 2.75) is 18.3 Å². The van der Waals surface area contributed by atoms with Crippen molar-refractivity contribution < 1.29 is 0 Å². The fourth-order valence-electron chi connectivity index (χ4n) is 2.45. The molecule has 0 saturated heterocycles. The molecule has 0 amide bonds. The Bertz CT molecular complexity index is 648. The highest BCUT2D eigenvalue weighted by Crippen LogP contribution is 2.48. The van der Waals surface area contributed by atoms with E-state index in [1.54, 1.807) is 0 Å². The van der Waals surface area contributed by atoms with Crippen LogP contribution in [0.5, 0.6) is 0 Å². The number of rotatable bonds is 4. The molecule has 2 aromatic carbocycles. The SMILES string of the molecule is NC(=NCC1(c2cccc(Br)c2)CC1)Nc1ccccc1. The lowest BCUT2D eigenvalue weighted by Gasteiger charge is -2.14. The van der Waals surface area contributed by atoms with Crippen LogP contribution in [0.25, 0.3) is 0 Å². The van der Waals surface area contributed by atoms with Gasteiger partial charge in [-0.1, -0.05) is 46.3 Å². The number of nitrogens with zero attached hydrogens (tertiary/aromatic N) is 1. The van der Waals surface area contributed by atoms with E-state index in [1.807, 2.05) is 36.4 Å². The van der Waals surface area contributed by atoms with E-state index in [-0.39, 0.29) is 5.41 Å². The molecule has 0 spiro atoms. The van der Waals surface area contributed by atoms with E-state index in [0.29, 0.717) is 5.96 Å². The molecule has 0 heterocycles. The summed E-state index contributed by atoms with van der Waals surface area (Å²) in [5.41, 5.74) is 8.46. The molecule has 108 valence electrons. The van der Waals surface area contributed by atoms with E-state index in [1.165, 1.54) is 18.4 Å². The third-order valence-corrected chi connectivity index (χ3v) is 4.38. The van der Waals surface area contributed by atoms with Crippen LogP contribution in [0.2, 0.25) is 0 Å². The molecule has 0 atom stereocenters. The smallest absolute Gasteiger partial charge is 0.193 e. The number of hydrogen-bond acceptors (Lipinski definition) is 1. The lowest BCUT2D eigenvalue weighted by molar-refractivity contribution is 0.705. The van der Waals surface area contributed by atoms with Crippen LogP contribution in [-0.4, -0.2) is 12.5 Å². The molecule has 3 nitrogen and oxygen atoms in total. The molecule has 1 aliphatic rings. The van der Waals surface area contributed by atoms with Gasteiger partial charge in [-0.15, -0.1) is 0 Å². The number of anilines is 1. The van der Waals surface area contributed by atoms with E-state index in [0.717, 1.165) is 16.7 Å². The number of benzene rings is 2. The van der Waals surface area contributed by atoms with Crippen LogP contribution in [-0.2, 0) is 5.41 Å². The lowest BCUT2D eigenvalue weighted by atomic mass is 9.96. The quantitative estimate of drug-likeness (QED) is 0.653. The largest absolute Gasteiger partial charge is 0.370 e. The molecule has 2 aromatic rings. The molecule has 0 unspecified atom stereocenters. The molecule has 0 bridgehead atoms. The topological polar surface area (TPSA) is 50.4 Å². The van der Waals surface area contributed by atoms with Crippen molar-refractivity contribution in [2.24, 2.45) is 10.7 Å². The lowest BCUT2D eigenvalue weighted by Crippen LogP contribution is -2.24. The zero-order valence-electron chi connectivity index (χ0n) is 11.7. The molecular formula is C17H18BrN3. The van der Waals surface area contributed by atoms with E-state index >= 15 is 0 Å². The van der Waals surface area contributed by atoms with Gasteiger partial charge in [0.05, 0.1) is 6.54 Å². The summed E-state index contributed by atoms with van der Waals surface area (Å²) >= 11 is 3.53. The van der Waals surface area contributed by atoms with Gasteiger partial charge in [-0.3, -0.25) is 4.99 Å². The summed E-state index contributed by atoms with van der Waals surface area (Å²) in [6.45, 7) is 0.731. The van der Waals surface area contributed by atoms with Gasteiger partial charge in [-0.2, -0.15) is 0 Å². The first-order chi connectivity index (χ1) is 10.2. The Balaban J connectivity index is 1.68. The van der Waals surface area contributed by atoms with Crippen LogP contribution in [0.1, 0.15) is 18.4 Å². The van der Waals surface area contributed by atoms with Gasteiger partial charge in [0.2, 0.25) is 0 Å². The van der Waals surface area contributed by atoms with Crippen molar-refractivity contribution in [3.05, 3.63) is 64.6 Å². The van der Waals surface area contributed by atoms with Crippen LogP contribution >= 0.6 is 15.9 Å². The first-order valence-electron chi connectivity index (χ1n) is 7.06. The van der Waals surface area contributed by atoms with Gasteiger partial charge in [0.1, 0.15) is 0 Å². The Morgan fingerprint density at radius 1 is 1.14 bits per heavy atom. The maximum Gasteiger partial charge on any atom is 0.193 e. The molecular weight excluding hydrogens is 326 g/mol. The van der Waals surface area contributed by atoms with Gasteiger partial charge >= 0.3 is 0 Å². The van der Waals surface area contributed by atoms with Crippen molar-refractivity contribution in [3.63, 3.8) is 0 Å². The summed E-state index contributed by atoms with van der Waals surface area (Å²) in [7, 11) is 0. The summed E-state index contributed by atoms with van der Waals surface area (Å²) in [6, 6.07) is 18.4. The van der Waals surface area contributed by atoms with Crippen LogP contribution in [0.4, 0.5) is 5.69 Å². The molecule has 1 aliphatic carbocycles. The Hall–Kier alpha value is -1.81. The van der Waals surface area contributed by atoms with Gasteiger partial charge in [-0.25, -0.2) is 0 Å². The minimum atomic E-state index is 0.173. The minimum absolute atomic E-state index is 0.173. The van der Waals surface area contributed by atoms with Crippen LogP contribution in [0.15, 0.2) is 64.1 Å². The second-order valence-corrected chi connectivity index (χ2v) is 6.40. The molecule has 3 rings (SSSR count). The first kappa shape index (κ1) is 14.1. The van der Waals surface area contributed by atoms with Gasteiger partial charge in [0.15, 0.2) is 5.96 Å². The van der Waals surface area contributed by atoms with E-state index in [4.69, 9.17) is 5.73 Å². The molecule has 0 radical (unpaired) electrons. The fraction of sp³-hybridized carbons (Fsp3) is 0.235. The number of nitrogens with two attached hydrogens (primary N) is 1. The molecule has 0 aliphatic heterocycles. The number of halogens is 1. The van der Waals surface area contributed by atoms with Gasteiger partial charge in [0.25, 0.3) is 0 Å². The standard InChI is InChI=1S/C17H18BrN3/c18-14-6-4-5-13(11-14)17(9-10-17)12-20-16(19)21-15-7-2-1-3-8-15/h1-8,11H,9-10,12H2,(H3,19,20,21). The number of para-hydroxylation sites is 1. The summed E-state index contributed by atoms with van der Waals surface area (Å²) in [5, 5.41) is 3.12. The summed E-state index contributed by atoms with van der Waals surface area (Å²) in [4.78, 5) is 4.53. The molecule has 4 heteroatoms. The summed E-state index contributed by atoms with van der Waals surface area (Å²) in [6.07, 6.45) is 2.34. The predicted molar refractivity (Wildman–Crippen MR) is 91.6 cm³/mol. The molecule has 0 aromatic heterocycles. The summed E-state index contributed by atoms with van der Waals surface area (Å²) in [5.74, 6) is 0.475. The Labute approximate surface area is 133 Å². The highest BCUT2D eigenvalue weighted by molar-refractivity contribution is 9.10. The van der Waals surface area contributed by atoms with Gasteiger partial charge in [0, 0.05) is 15.6 Å². The second kappa shape index (κ2) is 5.90. The zero-order valence-corrected chi connectivity index (χ0v) is 13.3. The molecule has 21 heavy (non-hydrogen) atoms. The first-order valence-corrected chi connectivity index (χ1v) is 7.85. The number of guanidine groups is 1. The highest BCUT2D eigenvalue weighted by Gasteiger charge is 2.44. The summed E-state index contributed by atoms with van der Waals surface area (Å²) < 4.78 is 1.12. The molecule has 1 fully saturated rings. The maximum absolute atomic E-state index is 5.98. The van der Waals surface area contributed by atoms with Crippen LogP contribution < -0.4 is 11.1 Å². The minimum Gasteiger partial charge on any atom is -0.370 e. The van der Waals surface area contributed by atoms with Crippen LogP contribution in [0.3, 0.4) is 0 Å². The Morgan fingerprint density at radius 3 is 2.57 bits per heavy atom. The van der Waals surface area contributed by atoms with Gasteiger partial charge < -0.3 is 11.1 Å². The van der Waals surface area contributed by atoms with Crippen molar-refractivity contribution in [3.8, 4) is 0 Å². The van der Waals surface area contributed by atoms with Crippen molar-refractivity contribution in [1.82, 2.24) is 0 Å². The van der Waals surface area contributed by atoms with E-state index in [2.05, 4.69) is 44.4 Å². The molecule has 1 saturated carbocycles. The fourth-order valence-corrected chi connectivity index (χ4v) is 2.85. The van der Waals surface area contributed by atoms with Crippen molar-refractivity contribution in [1.29, 1.82) is 0 Å². The predicted octanol–water partition coefficient (Wildman–Crippen LogP) is 3.91. The van der Waals surface area contributed by atoms with Crippen LogP contribution in [0, 0.1) is 0 Å². The second-order valence-electron chi connectivity index (χ2n) is 5.48. The monoisotopic (exact) mass is 343 g/mol. The van der Waals surface area contributed by atoms with Gasteiger partial charge in [-0.05, 0) is 42.7 Å². The number of aliphatic imine (C=N–C) groups is 1. The zero-order chi connectivity index (χ0) is 14.7. The average molecular weight is 344 g/mol. The molecule has 3 N–H and O–H groups in total. The number of hydrogen-bond donors (Lipinski definition) is 2. The normalized spacial score (nSPS) is 16.5. The highest BCUT2D eigenvalue weighted by atomic mass is 79.9. The Kier molecular flexibility index (Phi) is 3.97. The van der Waals surface area contributed by atoms with E-state index < -0.39 is 0 Å².